The van der Waals surface area contributed by atoms with Crippen molar-refractivity contribution >= 4 is 0 Å². The highest BCUT2D eigenvalue weighted by Gasteiger charge is 2.29. The van der Waals surface area contributed by atoms with Crippen LogP contribution in [0, 0.1) is 0 Å². The first-order chi connectivity index (χ1) is 8.65. The van der Waals surface area contributed by atoms with Crippen molar-refractivity contribution in [3.63, 3.8) is 0 Å². The Hall–Kier alpha value is -1.26. The second-order valence-corrected chi connectivity index (χ2v) is 5.01. The molecule has 0 radical (unpaired) electrons. The van der Waals surface area contributed by atoms with Crippen LogP contribution in [0.5, 0.6) is 11.5 Å². The van der Waals surface area contributed by atoms with Crippen molar-refractivity contribution in [2.24, 2.45) is 5.73 Å². The van der Waals surface area contributed by atoms with Crippen LogP contribution in [0.1, 0.15) is 37.8 Å². The summed E-state index contributed by atoms with van der Waals surface area (Å²) in [5.41, 5.74) is 6.43. The van der Waals surface area contributed by atoms with Crippen molar-refractivity contribution in [2.75, 3.05) is 13.1 Å². The molecular weight excluding hydrogens is 228 g/mol. The van der Waals surface area contributed by atoms with Crippen LogP contribution in [0.4, 0.5) is 0 Å². The Morgan fingerprint density at radius 2 is 2.00 bits per heavy atom. The minimum Gasteiger partial charge on any atom is -0.507 e. The number of aromatic hydroxyl groups is 2. The Kier molecular flexibility index (Phi) is 4.09. The van der Waals surface area contributed by atoms with Gasteiger partial charge in [0.1, 0.15) is 11.5 Å². The van der Waals surface area contributed by atoms with Crippen LogP contribution in [0.3, 0.4) is 0 Å². The van der Waals surface area contributed by atoms with Crippen LogP contribution in [0.2, 0.25) is 0 Å². The summed E-state index contributed by atoms with van der Waals surface area (Å²) in [7, 11) is 0. The summed E-state index contributed by atoms with van der Waals surface area (Å²) in [5, 5.41) is 19.9. The van der Waals surface area contributed by atoms with Crippen LogP contribution in [0.15, 0.2) is 18.2 Å². The molecule has 4 heteroatoms. The van der Waals surface area contributed by atoms with Crippen molar-refractivity contribution < 1.29 is 10.2 Å². The van der Waals surface area contributed by atoms with E-state index in [1.807, 2.05) is 6.92 Å². The third-order valence-corrected chi connectivity index (χ3v) is 3.92. The van der Waals surface area contributed by atoms with Crippen LogP contribution in [-0.4, -0.2) is 34.2 Å². The fraction of sp³-hybridized carbons (Fsp3) is 0.571. The third kappa shape index (κ3) is 2.44. The number of nitrogens with two attached hydrogens (primary N) is 1. The van der Waals surface area contributed by atoms with E-state index in [4.69, 9.17) is 5.73 Å². The highest BCUT2D eigenvalue weighted by atomic mass is 16.3. The highest BCUT2D eigenvalue weighted by Crippen LogP contribution is 2.37. The molecule has 4 nitrogen and oxygen atoms in total. The lowest BCUT2D eigenvalue weighted by Crippen LogP contribution is -2.45. The van der Waals surface area contributed by atoms with Gasteiger partial charge in [0.2, 0.25) is 0 Å². The van der Waals surface area contributed by atoms with Gasteiger partial charge >= 0.3 is 0 Å². The molecule has 1 heterocycles. The molecule has 100 valence electrons. The summed E-state index contributed by atoms with van der Waals surface area (Å²) >= 11 is 0. The number of benzene rings is 1. The topological polar surface area (TPSA) is 69.7 Å². The summed E-state index contributed by atoms with van der Waals surface area (Å²) in [6, 6.07) is 5.21. The number of rotatable bonds is 3. The zero-order valence-electron chi connectivity index (χ0n) is 10.8. The van der Waals surface area contributed by atoms with Gasteiger partial charge in [-0.15, -0.1) is 0 Å². The first-order valence-corrected chi connectivity index (χ1v) is 6.61. The quantitative estimate of drug-likeness (QED) is 0.767. The van der Waals surface area contributed by atoms with E-state index < -0.39 is 0 Å². The second kappa shape index (κ2) is 5.59. The smallest absolute Gasteiger partial charge is 0.124 e. The summed E-state index contributed by atoms with van der Waals surface area (Å²) in [5.74, 6) is 0.313. The molecule has 0 bridgehead atoms. The summed E-state index contributed by atoms with van der Waals surface area (Å²) in [4.78, 5) is 2.29. The molecule has 1 aromatic carbocycles. The van der Waals surface area contributed by atoms with E-state index in [1.54, 1.807) is 18.2 Å². The number of phenols is 2. The summed E-state index contributed by atoms with van der Waals surface area (Å²) < 4.78 is 0. The van der Waals surface area contributed by atoms with Crippen LogP contribution in [-0.2, 0) is 0 Å². The van der Waals surface area contributed by atoms with Gasteiger partial charge in [-0.3, -0.25) is 4.90 Å². The predicted molar refractivity (Wildman–Crippen MR) is 71.6 cm³/mol. The van der Waals surface area contributed by atoms with E-state index in [0.29, 0.717) is 18.2 Å². The van der Waals surface area contributed by atoms with Crippen molar-refractivity contribution in [2.45, 2.75) is 38.3 Å². The van der Waals surface area contributed by atoms with Crippen molar-refractivity contribution in [3.8, 4) is 11.5 Å². The average Bonchev–Trinajstić information content (AvgIpc) is 2.38. The minimum atomic E-state index is -0.0138. The van der Waals surface area contributed by atoms with Gasteiger partial charge in [0.05, 0.1) is 5.56 Å². The molecule has 1 fully saturated rings. The standard InChI is InChI=1S/C14H22N2O2/c1-10(14-12(17)6-4-7-13(14)18)16-8-3-2-5-11(16)9-15/h4,6-7,10-11,17-18H,2-3,5,8-9,15H2,1H3. The molecule has 2 unspecified atom stereocenters. The van der Waals surface area contributed by atoms with Crippen molar-refractivity contribution in [1.29, 1.82) is 0 Å². The normalized spacial score (nSPS) is 22.9. The number of hydrogen-bond acceptors (Lipinski definition) is 4. The van der Waals surface area contributed by atoms with Crippen LogP contribution >= 0.6 is 0 Å². The maximum Gasteiger partial charge on any atom is 0.124 e. The van der Waals surface area contributed by atoms with E-state index >= 15 is 0 Å². The highest BCUT2D eigenvalue weighted by molar-refractivity contribution is 5.45. The zero-order valence-corrected chi connectivity index (χ0v) is 10.8. The largest absolute Gasteiger partial charge is 0.507 e. The first-order valence-electron chi connectivity index (χ1n) is 6.61. The average molecular weight is 250 g/mol. The lowest BCUT2D eigenvalue weighted by molar-refractivity contribution is 0.105. The lowest BCUT2D eigenvalue weighted by atomic mass is 9.96. The van der Waals surface area contributed by atoms with Crippen molar-refractivity contribution in [1.82, 2.24) is 4.90 Å². The summed E-state index contributed by atoms with van der Waals surface area (Å²) in [6.45, 7) is 3.61. The van der Waals surface area contributed by atoms with Crippen molar-refractivity contribution in [3.05, 3.63) is 23.8 Å². The Morgan fingerprint density at radius 3 is 2.61 bits per heavy atom. The zero-order chi connectivity index (χ0) is 13.1. The Morgan fingerprint density at radius 1 is 1.33 bits per heavy atom. The van der Waals surface area contributed by atoms with E-state index in [1.165, 1.54) is 6.42 Å². The Balaban J connectivity index is 2.26. The van der Waals surface area contributed by atoms with E-state index in [9.17, 15) is 10.2 Å². The minimum absolute atomic E-state index is 0.0138. The lowest BCUT2D eigenvalue weighted by Gasteiger charge is -2.39. The molecule has 1 aliphatic rings. The summed E-state index contributed by atoms with van der Waals surface area (Å²) in [6.07, 6.45) is 3.45. The number of nitrogens with zero attached hydrogens (tertiary/aromatic N) is 1. The van der Waals surface area contributed by atoms with Gasteiger partial charge in [-0.1, -0.05) is 12.5 Å². The number of phenolic OH excluding ortho intramolecular Hbond substituents is 2. The maximum absolute atomic E-state index is 9.93. The van der Waals surface area contributed by atoms with Gasteiger partial charge in [-0.2, -0.15) is 0 Å². The van der Waals surface area contributed by atoms with E-state index in [0.717, 1.165) is 19.4 Å². The van der Waals surface area contributed by atoms with Gasteiger partial charge in [0, 0.05) is 18.6 Å². The molecule has 0 aromatic heterocycles. The van der Waals surface area contributed by atoms with Gasteiger partial charge < -0.3 is 15.9 Å². The van der Waals surface area contributed by atoms with E-state index in [-0.39, 0.29) is 17.5 Å². The van der Waals surface area contributed by atoms with Gasteiger partial charge in [-0.25, -0.2) is 0 Å². The molecule has 2 atom stereocenters. The van der Waals surface area contributed by atoms with Crippen LogP contribution in [0.25, 0.3) is 0 Å². The SMILES string of the molecule is CC(c1c(O)cccc1O)N1CCCCC1CN. The number of piperidine rings is 1. The molecule has 4 N–H and O–H groups in total. The first kappa shape index (κ1) is 13.2. The van der Waals surface area contributed by atoms with Gasteiger partial charge in [0.15, 0.2) is 0 Å². The molecule has 0 amide bonds. The molecule has 1 aliphatic heterocycles. The second-order valence-electron chi connectivity index (χ2n) is 5.01. The molecule has 0 spiro atoms. The molecule has 18 heavy (non-hydrogen) atoms. The number of hydrogen-bond donors (Lipinski definition) is 3. The molecule has 0 aliphatic carbocycles. The number of likely N-dealkylation sites (tertiary alicyclic amines) is 1. The Bertz CT molecular complexity index is 389. The third-order valence-electron chi connectivity index (χ3n) is 3.92. The monoisotopic (exact) mass is 250 g/mol. The van der Waals surface area contributed by atoms with Gasteiger partial charge in [-0.05, 0) is 38.4 Å². The molecular formula is C14H22N2O2. The molecule has 1 aromatic rings. The van der Waals surface area contributed by atoms with Gasteiger partial charge in [0.25, 0.3) is 0 Å². The fourth-order valence-electron chi connectivity index (χ4n) is 2.92. The van der Waals surface area contributed by atoms with E-state index in [2.05, 4.69) is 4.90 Å². The molecule has 2 rings (SSSR count). The maximum atomic E-state index is 9.93. The Labute approximate surface area is 108 Å². The predicted octanol–water partition coefficient (Wildman–Crippen LogP) is 1.97. The molecule has 1 saturated heterocycles. The molecule has 0 saturated carbocycles. The fourth-order valence-corrected chi connectivity index (χ4v) is 2.92. The van der Waals surface area contributed by atoms with Crippen LogP contribution < -0.4 is 5.73 Å².